The third kappa shape index (κ3) is 4.93. The first kappa shape index (κ1) is 17.3. The fourth-order valence-electron chi connectivity index (χ4n) is 1.69. The summed E-state index contributed by atoms with van der Waals surface area (Å²) in [6.45, 7) is 4.59. The van der Waals surface area contributed by atoms with Gasteiger partial charge >= 0.3 is 5.97 Å². The van der Waals surface area contributed by atoms with Gasteiger partial charge in [0.25, 0.3) is 0 Å². The standard InChI is InChI=1S/C14H21NO5S/c1-5-21(17,18)15(10-14(16)20-11(2)3)12-7-6-8-13(9-12)19-4/h6-9,11H,5,10H2,1-4H3. The molecule has 1 aromatic carbocycles. The lowest BCUT2D eigenvalue weighted by Gasteiger charge is -2.23. The molecule has 0 aliphatic rings. The van der Waals surface area contributed by atoms with Crippen LogP contribution in [0.3, 0.4) is 0 Å². The van der Waals surface area contributed by atoms with Crippen molar-refractivity contribution in [1.82, 2.24) is 0 Å². The van der Waals surface area contributed by atoms with E-state index in [9.17, 15) is 13.2 Å². The van der Waals surface area contributed by atoms with Crippen LogP contribution in [0.4, 0.5) is 5.69 Å². The van der Waals surface area contributed by atoms with Crippen molar-refractivity contribution in [3.05, 3.63) is 24.3 Å². The maximum atomic E-state index is 12.2. The van der Waals surface area contributed by atoms with Crippen LogP contribution in [-0.2, 0) is 19.6 Å². The zero-order valence-corrected chi connectivity index (χ0v) is 13.5. The zero-order chi connectivity index (χ0) is 16.0. The quantitative estimate of drug-likeness (QED) is 0.717. The number of ether oxygens (including phenoxy) is 2. The number of hydrogen-bond donors (Lipinski definition) is 0. The van der Waals surface area contributed by atoms with Crippen molar-refractivity contribution in [2.45, 2.75) is 26.9 Å². The third-order valence-corrected chi connectivity index (χ3v) is 4.42. The number of hydrogen-bond acceptors (Lipinski definition) is 5. The molecule has 6 nitrogen and oxygen atoms in total. The highest BCUT2D eigenvalue weighted by atomic mass is 32.2. The summed E-state index contributed by atoms with van der Waals surface area (Å²) in [5.41, 5.74) is 0.372. The van der Waals surface area contributed by atoms with Crippen LogP contribution < -0.4 is 9.04 Å². The number of carbonyl (C=O) groups excluding carboxylic acids is 1. The number of nitrogens with zero attached hydrogens (tertiary/aromatic N) is 1. The van der Waals surface area contributed by atoms with E-state index < -0.39 is 16.0 Å². The summed E-state index contributed by atoms with van der Waals surface area (Å²) in [4.78, 5) is 11.8. The lowest BCUT2D eigenvalue weighted by atomic mass is 10.3. The summed E-state index contributed by atoms with van der Waals surface area (Å²) in [5, 5.41) is 0. The Morgan fingerprint density at radius 3 is 2.52 bits per heavy atom. The molecule has 21 heavy (non-hydrogen) atoms. The molecule has 0 unspecified atom stereocenters. The molecule has 0 radical (unpaired) electrons. The van der Waals surface area contributed by atoms with Crippen molar-refractivity contribution >= 4 is 21.7 Å². The van der Waals surface area contributed by atoms with Crippen LogP contribution in [0.1, 0.15) is 20.8 Å². The van der Waals surface area contributed by atoms with Gasteiger partial charge in [0, 0.05) is 6.07 Å². The molecule has 0 amide bonds. The molecule has 0 saturated carbocycles. The van der Waals surface area contributed by atoms with Crippen LogP contribution in [0.2, 0.25) is 0 Å². The molecule has 0 aliphatic carbocycles. The van der Waals surface area contributed by atoms with Gasteiger partial charge in [0.1, 0.15) is 12.3 Å². The highest BCUT2D eigenvalue weighted by Crippen LogP contribution is 2.23. The summed E-state index contributed by atoms with van der Waals surface area (Å²) in [5.74, 6) is -0.190. The van der Waals surface area contributed by atoms with Gasteiger partial charge in [-0.2, -0.15) is 0 Å². The molecule has 0 fully saturated rings. The molecular formula is C14H21NO5S. The fraction of sp³-hybridized carbons (Fsp3) is 0.500. The Morgan fingerprint density at radius 2 is 2.00 bits per heavy atom. The molecule has 0 atom stereocenters. The van der Waals surface area contributed by atoms with E-state index in [-0.39, 0.29) is 18.4 Å². The molecule has 1 rings (SSSR count). The topological polar surface area (TPSA) is 72.9 Å². The number of methoxy groups -OCH3 is 1. The van der Waals surface area contributed by atoms with Crippen LogP contribution in [0.15, 0.2) is 24.3 Å². The normalized spacial score (nSPS) is 11.3. The van der Waals surface area contributed by atoms with Gasteiger partial charge in [-0.15, -0.1) is 0 Å². The van der Waals surface area contributed by atoms with Crippen molar-refractivity contribution in [1.29, 1.82) is 0 Å². The fourth-order valence-corrected chi connectivity index (χ4v) is 2.74. The predicted molar refractivity (Wildman–Crippen MR) is 81.0 cm³/mol. The number of rotatable bonds is 7. The highest BCUT2D eigenvalue weighted by Gasteiger charge is 2.24. The number of esters is 1. The van der Waals surface area contributed by atoms with Crippen LogP contribution in [0, 0.1) is 0 Å². The molecule has 0 spiro atoms. The molecule has 0 heterocycles. The lowest BCUT2D eigenvalue weighted by Crippen LogP contribution is -2.38. The van der Waals surface area contributed by atoms with E-state index in [1.165, 1.54) is 14.0 Å². The van der Waals surface area contributed by atoms with Gasteiger partial charge in [0.05, 0.1) is 24.7 Å². The molecule has 7 heteroatoms. The van der Waals surface area contributed by atoms with Gasteiger partial charge in [-0.3, -0.25) is 9.10 Å². The van der Waals surface area contributed by atoms with Crippen LogP contribution in [0.25, 0.3) is 0 Å². The molecule has 0 aromatic heterocycles. The monoisotopic (exact) mass is 315 g/mol. The Kier molecular flexibility index (Phi) is 6.02. The van der Waals surface area contributed by atoms with E-state index in [4.69, 9.17) is 9.47 Å². The minimum Gasteiger partial charge on any atom is -0.497 e. The van der Waals surface area contributed by atoms with Gasteiger partial charge in [-0.1, -0.05) is 6.07 Å². The number of sulfonamides is 1. The maximum Gasteiger partial charge on any atom is 0.327 e. The summed E-state index contributed by atoms with van der Waals surface area (Å²) in [7, 11) is -2.10. The summed E-state index contributed by atoms with van der Waals surface area (Å²) in [6.07, 6.45) is -0.297. The molecule has 0 saturated heterocycles. The Hall–Kier alpha value is -1.76. The SMILES string of the molecule is CCS(=O)(=O)N(CC(=O)OC(C)C)c1cccc(OC)c1. The lowest BCUT2D eigenvalue weighted by molar-refractivity contribution is -0.145. The maximum absolute atomic E-state index is 12.2. The summed E-state index contributed by atoms with van der Waals surface area (Å²) >= 11 is 0. The minimum atomic E-state index is -3.59. The molecule has 1 aromatic rings. The van der Waals surface area contributed by atoms with E-state index >= 15 is 0 Å². The first-order valence-electron chi connectivity index (χ1n) is 6.64. The van der Waals surface area contributed by atoms with Gasteiger partial charge in [-0.05, 0) is 32.9 Å². The van der Waals surface area contributed by atoms with Gasteiger partial charge in [0.2, 0.25) is 10.0 Å². The Balaban J connectivity index is 3.11. The Bertz CT molecular complexity index is 583. The first-order chi connectivity index (χ1) is 9.80. The van der Waals surface area contributed by atoms with E-state index in [0.29, 0.717) is 11.4 Å². The van der Waals surface area contributed by atoms with Crippen LogP contribution in [-0.4, -0.2) is 39.9 Å². The van der Waals surface area contributed by atoms with Crippen molar-refractivity contribution in [3.63, 3.8) is 0 Å². The minimum absolute atomic E-state index is 0.112. The Labute approximate surface area is 125 Å². The van der Waals surface area contributed by atoms with Crippen molar-refractivity contribution in [2.24, 2.45) is 0 Å². The largest absolute Gasteiger partial charge is 0.497 e. The van der Waals surface area contributed by atoms with Crippen molar-refractivity contribution in [3.8, 4) is 5.75 Å². The molecule has 118 valence electrons. The second-order valence-electron chi connectivity index (χ2n) is 4.65. The van der Waals surface area contributed by atoms with Crippen LogP contribution in [0.5, 0.6) is 5.75 Å². The summed E-state index contributed by atoms with van der Waals surface area (Å²) in [6, 6.07) is 6.54. The van der Waals surface area contributed by atoms with E-state index in [1.54, 1.807) is 38.1 Å². The zero-order valence-electron chi connectivity index (χ0n) is 12.7. The summed E-state index contributed by atoms with van der Waals surface area (Å²) < 4.78 is 35.5. The van der Waals surface area contributed by atoms with E-state index in [1.807, 2.05) is 0 Å². The predicted octanol–water partition coefficient (Wildman–Crippen LogP) is 1.80. The van der Waals surface area contributed by atoms with Gasteiger partial charge in [-0.25, -0.2) is 8.42 Å². The number of anilines is 1. The molecule has 0 bridgehead atoms. The number of carbonyl (C=O) groups is 1. The van der Waals surface area contributed by atoms with Crippen molar-refractivity contribution < 1.29 is 22.7 Å². The average molecular weight is 315 g/mol. The molecular weight excluding hydrogens is 294 g/mol. The van der Waals surface area contributed by atoms with E-state index in [0.717, 1.165) is 4.31 Å². The van der Waals surface area contributed by atoms with Gasteiger partial charge in [0.15, 0.2) is 0 Å². The van der Waals surface area contributed by atoms with Crippen LogP contribution >= 0.6 is 0 Å². The third-order valence-electron chi connectivity index (χ3n) is 2.68. The average Bonchev–Trinajstić information content (AvgIpc) is 2.44. The second kappa shape index (κ2) is 7.31. The first-order valence-corrected chi connectivity index (χ1v) is 8.25. The van der Waals surface area contributed by atoms with Gasteiger partial charge < -0.3 is 9.47 Å². The van der Waals surface area contributed by atoms with Crippen molar-refractivity contribution in [2.75, 3.05) is 23.7 Å². The molecule has 0 N–H and O–H groups in total. The second-order valence-corrected chi connectivity index (χ2v) is 6.83. The Morgan fingerprint density at radius 1 is 1.33 bits per heavy atom. The smallest absolute Gasteiger partial charge is 0.327 e. The molecule has 0 aliphatic heterocycles. The number of benzene rings is 1. The highest BCUT2D eigenvalue weighted by molar-refractivity contribution is 7.92. The van der Waals surface area contributed by atoms with E-state index in [2.05, 4.69) is 0 Å².